The highest BCUT2D eigenvalue weighted by Crippen LogP contribution is 2.37. The summed E-state index contributed by atoms with van der Waals surface area (Å²) in [7, 11) is 1.52. The SMILES string of the molecule is COc1cc(/C=C/C(=O)OCC(=O)N2[C@H](C)CCC[C@H]2C)cc(Cl)c1OC(C)C. The van der Waals surface area contributed by atoms with Gasteiger partial charge in [-0.2, -0.15) is 0 Å². The fourth-order valence-electron chi connectivity index (χ4n) is 3.52. The molecule has 2 rings (SSSR count). The van der Waals surface area contributed by atoms with Crippen molar-refractivity contribution in [2.24, 2.45) is 0 Å². The van der Waals surface area contributed by atoms with Crippen LogP contribution in [-0.2, 0) is 14.3 Å². The van der Waals surface area contributed by atoms with Gasteiger partial charge in [0.05, 0.1) is 18.2 Å². The van der Waals surface area contributed by atoms with Gasteiger partial charge in [0, 0.05) is 18.2 Å². The van der Waals surface area contributed by atoms with E-state index in [4.69, 9.17) is 25.8 Å². The van der Waals surface area contributed by atoms with E-state index in [2.05, 4.69) is 0 Å². The number of piperidine rings is 1. The molecule has 0 unspecified atom stereocenters. The van der Waals surface area contributed by atoms with Gasteiger partial charge >= 0.3 is 5.97 Å². The number of ether oxygens (including phenoxy) is 3. The number of halogens is 1. The molecule has 0 N–H and O–H groups in total. The van der Waals surface area contributed by atoms with E-state index >= 15 is 0 Å². The van der Waals surface area contributed by atoms with Crippen LogP contribution in [0.4, 0.5) is 0 Å². The minimum Gasteiger partial charge on any atom is -0.493 e. The summed E-state index contributed by atoms with van der Waals surface area (Å²) in [5.41, 5.74) is 0.657. The first-order valence-corrected chi connectivity index (χ1v) is 10.3. The normalized spacial score (nSPS) is 19.5. The van der Waals surface area contributed by atoms with Crippen molar-refractivity contribution in [3.63, 3.8) is 0 Å². The molecule has 0 saturated carbocycles. The van der Waals surface area contributed by atoms with Crippen LogP contribution in [0.5, 0.6) is 11.5 Å². The molecular weight excluding hydrogens is 394 g/mol. The maximum atomic E-state index is 12.4. The first kappa shape index (κ1) is 23.1. The predicted octanol–water partition coefficient (Wildman–Crippen LogP) is 4.48. The van der Waals surface area contributed by atoms with Gasteiger partial charge in [0.25, 0.3) is 5.91 Å². The first-order valence-electron chi connectivity index (χ1n) is 9.93. The van der Waals surface area contributed by atoms with E-state index < -0.39 is 5.97 Å². The van der Waals surface area contributed by atoms with Crippen LogP contribution in [-0.4, -0.2) is 48.7 Å². The Morgan fingerprint density at radius 3 is 2.48 bits per heavy atom. The van der Waals surface area contributed by atoms with Gasteiger partial charge in [0.1, 0.15) is 0 Å². The van der Waals surface area contributed by atoms with Crippen molar-refractivity contribution < 1.29 is 23.8 Å². The van der Waals surface area contributed by atoms with Crippen LogP contribution < -0.4 is 9.47 Å². The number of carbonyl (C=O) groups excluding carboxylic acids is 2. The number of amides is 1. The van der Waals surface area contributed by atoms with Gasteiger partial charge in [0.15, 0.2) is 18.1 Å². The third-order valence-corrected chi connectivity index (χ3v) is 5.12. The zero-order chi connectivity index (χ0) is 21.6. The lowest BCUT2D eigenvalue weighted by molar-refractivity contribution is -0.151. The average Bonchev–Trinajstić information content (AvgIpc) is 2.66. The van der Waals surface area contributed by atoms with Gasteiger partial charge in [-0.15, -0.1) is 0 Å². The Morgan fingerprint density at radius 2 is 1.90 bits per heavy atom. The second-order valence-corrected chi connectivity index (χ2v) is 7.98. The maximum Gasteiger partial charge on any atom is 0.331 e. The molecule has 0 spiro atoms. The Hall–Kier alpha value is -2.21. The zero-order valence-electron chi connectivity index (χ0n) is 17.7. The summed E-state index contributed by atoms with van der Waals surface area (Å²) in [5.74, 6) is 0.182. The summed E-state index contributed by atoms with van der Waals surface area (Å²) >= 11 is 6.28. The molecule has 29 heavy (non-hydrogen) atoms. The Labute approximate surface area is 177 Å². The fraction of sp³-hybridized carbons (Fsp3) is 0.545. The number of nitrogens with zero attached hydrogens (tertiary/aromatic N) is 1. The van der Waals surface area contributed by atoms with Crippen molar-refractivity contribution in [2.45, 2.75) is 65.1 Å². The lowest BCUT2D eigenvalue weighted by Gasteiger charge is -2.38. The minimum atomic E-state index is -0.590. The van der Waals surface area contributed by atoms with Crippen LogP contribution in [0.3, 0.4) is 0 Å². The van der Waals surface area contributed by atoms with Gasteiger partial charge in [-0.05, 0) is 70.7 Å². The summed E-state index contributed by atoms with van der Waals surface area (Å²) in [6.45, 7) is 7.58. The predicted molar refractivity (Wildman–Crippen MR) is 113 cm³/mol. The molecule has 1 aromatic rings. The van der Waals surface area contributed by atoms with Crippen molar-refractivity contribution in [2.75, 3.05) is 13.7 Å². The van der Waals surface area contributed by atoms with Crippen molar-refractivity contribution in [3.8, 4) is 11.5 Å². The Morgan fingerprint density at radius 1 is 1.24 bits per heavy atom. The molecule has 2 atom stereocenters. The number of hydrogen-bond donors (Lipinski definition) is 0. The standard InChI is InChI=1S/C22H30ClNO5/c1-14(2)29-22-18(23)11-17(12-19(22)27-5)9-10-21(26)28-13-20(25)24-15(3)7-6-8-16(24)4/h9-12,14-16H,6-8,13H2,1-5H3/b10-9+/t15-,16-/m1/s1. The molecule has 0 aromatic heterocycles. The van der Waals surface area contributed by atoms with E-state index in [0.717, 1.165) is 19.3 Å². The highest BCUT2D eigenvalue weighted by atomic mass is 35.5. The summed E-state index contributed by atoms with van der Waals surface area (Å²) in [4.78, 5) is 26.3. The second-order valence-electron chi connectivity index (χ2n) is 7.57. The number of carbonyl (C=O) groups is 2. The van der Waals surface area contributed by atoms with Crippen LogP contribution in [0.2, 0.25) is 5.02 Å². The fourth-order valence-corrected chi connectivity index (χ4v) is 3.78. The molecule has 1 saturated heterocycles. The molecule has 1 amide bonds. The molecule has 1 heterocycles. The van der Waals surface area contributed by atoms with Gasteiger partial charge in [-0.25, -0.2) is 4.79 Å². The number of rotatable bonds is 7. The largest absolute Gasteiger partial charge is 0.493 e. The molecule has 7 heteroatoms. The van der Waals surface area contributed by atoms with Crippen LogP contribution in [0.25, 0.3) is 6.08 Å². The highest BCUT2D eigenvalue weighted by molar-refractivity contribution is 6.32. The third-order valence-electron chi connectivity index (χ3n) is 4.84. The quantitative estimate of drug-likeness (QED) is 0.477. The van der Waals surface area contributed by atoms with Crippen LogP contribution in [0, 0.1) is 0 Å². The number of benzene rings is 1. The molecule has 0 aliphatic carbocycles. The van der Waals surface area contributed by atoms with E-state index in [9.17, 15) is 9.59 Å². The van der Waals surface area contributed by atoms with E-state index in [-0.39, 0.29) is 30.7 Å². The van der Waals surface area contributed by atoms with Crippen molar-refractivity contribution in [1.29, 1.82) is 0 Å². The van der Waals surface area contributed by atoms with E-state index in [1.807, 2.05) is 32.6 Å². The van der Waals surface area contributed by atoms with Gasteiger partial charge in [-0.3, -0.25) is 4.79 Å². The molecule has 1 aliphatic rings. The maximum absolute atomic E-state index is 12.4. The monoisotopic (exact) mass is 423 g/mol. The average molecular weight is 424 g/mol. The first-order chi connectivity index (χ1) is 13.7. The zero-order valence-corrected chi connectivity index (χ0v) is 18.5. The Kier molecular flexibility index (Phi) is 8.38. The second kappa shape index (κ2) is 10.5. The lowest BCUT2D eigenvalue weighted by atomic mass is 9.97. The minimum absolute atomic E-state index is 0.0550. The summed E-state index contributed by atoms with van der Waals surface area (Å²) in [6.07, 6.45) is 5.84. The lowest BCUT2D eigenvalue weighted by Crippen LogP contribution is -2.49. The van der Waals surface area contributed by atoms with Gasteiger partial charge in [-0.1, -0.05) is 11.6 Å². The summed E-state index contributed by atoms with van der Waals surface area (Å²) in [6, 6.07) is 3.73. The molecule has 160 valence electrons. The van der Waals surface area contributed by atoms with Crippen molar-refractivity contribution in [3.05, 3.63) is 28.8 Å². The summed E-state index contributed by atoms with van der Waals surface area (Å²) < 4.78 is 16.1. The van der Waals surface area contributed by atoms with E-state index in [1.165, 1.54) is 13.2 Å². The number of esters is 1. The topological polar surface area (TPSA) is 65.1 Å². The van der Waals surface area contributed by atoms with Crippen molar-refractivity contribution >= 4 is 29.6 Å². The Bertz CT molecular complexity index is 752. The van der Waals surface area contributed by atoms with Gasteiger partial charge < -0.3 is 19.1 Å². The molecule has 1 aromatic carbocycles. The van der Waals surface area contributed by atoms with E-state index in [0.29, 0.717) is 22.1 Å². The van der Waals surface area contributed by atoms with Crippen LogP contribution in [0.15, 0.2) is 18.2 Å². The molecule has 0 bridgehead atoms. The van der Waals surface area contributed by atoms with Crippen LogP contribution >= 0.6 is 11.6 Å². The number of hydrogen-bond acceptors (Lipinski definition) is 5. The molecule has 1 fully saturated rings. The highest BCUT2D eigenvalue weighted by Gasteiger charge is 2.29. The number of methoxy groups -OCH3 is 1. The summed E-state index contributed by atoms with van der Waals surface area (Å²) in [5, 5.41) is 0.384. The van der Waals surface area contributed by atoms with Crippen molar-refractivity contribution in [1.82, 2.24) is 4.90 Å². The van der Waals surface area contributed by atoms with E-state index in [1.54, 1.807) is 18.2 Å². The van der Waals surface area contributed by atoms with Crippen LogP contribution in [0.1, 0.15) is 52.5 Å². The third kappa shape index (κ3) is 6.39. The smallest absolute Gasteiger partial charge is 0.331 e. The molecule has 6 nitrogen and oxygen atoms in total. The van der Waals surface area contributed by atoms with Gasteiger partial charge in [0.2, 0.25) is 0 Å². The number of likely N-dealkylation sites (tertiary alicyclic amines) is 1. The Balaban J connectivity index is 1.98. The molecule has 0 radical (unpaired) electrons. The molecular formula is C22H30ClNO5. The molecule has 1 aliphatic heterocycles.